The van der Waals surface area contributed by atoms with E-state index in [1.54, 1.807) is 48.3 Å². The Labute approximate surface area is 117 Å². The van der Waals surface area contributed by atoms with E-state index in [0.29, 0.717) is 12.2 Å². The topological polar surface area (TPSA) is 67.9 Å². The van der Waals surface area contributed by atoms with Crippen molar-refractivity contribution in [2.24, 2.45) is 7.05 Å². The Balaban J connectivity index is 2.27. The molecule has 5 heteroatoms. The van der Waals surface area contributed by atoms with E-state index in [4.69, 9.17) is 4.74 Å². The predicted molar refractivity (Wildman–Crippen MR) is 73.5 cm³/mol. The smallest absolute Gasteiger partial charge is 0.219 e. The lowest BCUT2D eigenvalue weighted by Crippen LogP contribution is -2.15. The first-order valence-corrected chi connectivity index (χ1v) is 6.31. The van der Waals surface area contributed by atoms with Gasteiger partial charge in [0.15, 0.2) is 5.82 Å². The maximum atomic E-state index is 12.3. The first-order valence-electron chi connectivity index (χ1n) is 6.31. The average Bonchev–Trinajstić information content (AvgIpc) is 2.88. The Bertz CT molecular complexity index is 638. The zero-order valence-electron chi connectivity index (χ0n) is 11.4. The molecule has 1 unspecified atom stereocenters. The van der Waals surface area contributed by atoms with Crippen molar-refractivity contribution < 1.29 is 9.53 Å². The van der Waals surface area contributed by atoms with Crippen molar-refractivity contribution in [3.05, 3.63) is 48.0 Å². The predicted octanol–water partition coefficient (Wildman–Crippen LogP) is 2.31. The van der Waals surface area contributed by atoms with Gasteiger partial charge in [-0.15, -0.1) is 0 Å². The number of ether oxygens (including phenoxy) is 1. The molecule has 1 aromatic heterocycles. The summed E-state index contributed by atoms with van der Waals surface area (Å²) in [6.07, 6.45) is 3.22. The molecule has 0 spiro atoms. The van der Waals surface area contributed by atoms with Crippen LogP contribution in [0.3, 0.4) is 0 Å². The highest BCUT2D eigenvalue weighted by Gasteiger charge is 2.24. The fourth-order valence-electron chi connectivity index (χ4n) is 1.94. The van der Waals surface area contributed by atoms with Crippen molar-refractivity contribution in [3.8, 4) is 11.8 Å². The van der Waals surface area contributed by atoms with Crippen LogP contribution in [0.2, 0.25) is 0 Å². The quantitative estimate of drug-likeness (QED) is 0.781. The number of carbonyl (C=O) groups is 1. The van der Waals surface area contributed by atoms with Crippen molar-refractivity contribution >= 4 is 5.78 Å². The SMILES string of the molecule is CCOc1ccc(C(C#N)C(=O)c2nccn2C)cc1. The highest BCUT2D eigenvalue weighted by molar-refractivity contribution is 6.00. The molecule has 1 aromatic carbocycles. The number of nitriles is 1. The van der Waals surface area contributed by atoms with Gasteiger partial charge >= 0.3 is 0 Å². The lowest BCUT2D eigenvalue weighted by molar-refractivity contribution is 0.0966. The van der Waals surface area contributed by atoms with Crippen molar-refractivity contribution in [3.63, 3.8) is 0 Å². The summed E-state index contributed by atoms with van der Waals surface area (Å²) in [4.78, 5) is 16.3. The number of rotatable bonds is 5. The van der Waals surface area contributed by atoms with E-state index in [1.165, 1.54) is 0 Å². The van der Waals surface area contributed by atoms with Crippen LogP contribution >= 0.6 is 0 Å². The summed E-state index contributed by atoms with van der Waals surface area (Å²) in [5, 5.41) is 9.27. The fourth-order valence-corrected chi connectivity index (χ4v) is 1.94. The zero-order valence-corrected chi connectivity index (χ0v) is 11.4. The molecule has 0 bridgehead atoms. The monoisotopic (exact) mass is 269 g/mol. The van der Waals surface area contributed by atoms with Crippen molar-refractivity contribution in [2.45, 2.75) is 12.8 Å². The van der Waals surface area contributed by atoms with E-state index in [-0.39, 0.29) is 11.6 Å². The van der Waals surface area contributed by atoms with Crippen molar-refractivity contribution in [2.75, 3.05) is 6.61 Å². The zero-order chi connectivity index (χ0) is 14.5. The highest BCUT2D eigenvalue weighted by Crippen LogP contribution is 2.22. The third kappa shape index (κ3) is 2.69. The molecule has 1 atom stereocenters. The van der Waals surface area contributed by atoms with E-state index in [0.717, 1.165) is 5.75 Å². The van der Waals surface area contributed by atoms with Gasteiger partial charge in [-0.05, 0) is 24.6 Å². The van der Waals surface area contributed by atoms with Gasteiger partial charge in [0, 0.05) is 19.4 Å². The van der Waals surface area contributed by atoms with E-state index >= 15 is 0 Å². The van der Waals surface area contributed by atoms with Gasteiger partial charge < -0.3 is 9.30 Å². The molecular formula is C15H15N3O2. The lowest BCUT2D eigenvalue weighted by Gasteiger charge is -2.09. The second-order valence-electron chi connectivity index (χ2n) is 4.29. The van der Waals surface area contributed by atoms with Crippen molar-refractivity contribution in [1.82, 2.24) is 9.55 Å². The van der Waals surface area contributed by atoms with Gasteiger partial charge in [-0.2, -0.15) is 5.26 Å². The number of carbonyl (C=O) groups excluding carboxylic acids is 1. The molecule has 5 nitrogen and oxygen atoms in total. The second kappa shape index (κ2) is 6.02. The van der Waals surface area contributed by atoms with Crippen LogP contribution in [0.25, 0.3) is 0 Å². The van der Waals surface area contributed by atoms with Crippen LogP contribution in [0.4, 0.5) is 0 Å². The number of hydrogen-bond donors (Lipinski definition) is 0. The van der Waals surface area contributed by atoms with Gasteiger partial charge in [0.1, 0.15) is 11.7 Å². The Hall–Kier alpha value is -2.61. The molecule has 0 aliphatic carbocycles. The summed E-state index contributed by atoms with van der Waals surface area (Å²) in [5.74, 6) is -0.154. The highest BCUT2D eigenvalue weighted by atomic mass is 16.5. The Morgan fingerprint density at radius 2 is 2.15 bits per heavy atom. The average molecular weight is 269 g/mol. The molecule has 0 aliphatic heterocycles. The van der Waals surface area contributed by atoms with Gasteiger partial charge in [0.2, 0.25) is 5.78 Å². The third-order valence-electron chi connectivity index (χ3n) is 2.96. The van der Waals surface area contributed by atoms with Crippen LogP contribution < -0.4 is 4.74 Å². The molecule has 0 N–H and O–H groups in total. The maximum Gasteiger partial charge on any atom is 0.219 e. The molecule has 0 radical (unpaired) electrons. The molecular weight excluding hydrogens is 254 g/mol. The molecule has 2 rings (SSSR count). The standard InChI is InChI=1S/C15H15N3O2/c1-3-20-12-6-4-11(5-7-12)13(10-16)14(19)15-17-8-9-18(15)2/h4-9,13H,3H2,1-2H3. The number of nitrogens with zero attached hydrogens (tertiary/aromatic N) is 3. The lowest BCUT2D eigenvalue weighted by atomic mass is 9.95. The van der Waals surface area contributed by atoms with E-state index < -0.39 is 5.92 Å². The van der Waals surface area contributed by atoms with Crippen molar-refractivity contribution in [1.29, 1.82) is 5.26 Å². The number of imidazole rings is 1. The Kier molecular flexibility index (Phi) is 4.16. The van der Waals surface area contributed by atoms with Gasteiger partial charge in [-0.25, -0.2) is 4.98 Å². The van der Waals surface area contributed by atoms with Crippen LogP contribution in [-0.2, 0) is 7.05 Å². The normalized spacial score (nSPS) is 11.7. The van der Waals surface area contributed by atoms with Gasteiger partial charge in [-0.3, -0.25) is 4.79 Å². The number of hydrogen-bond acceptors (Lipinski definition) is 4. The summed E-state index contributed by atoms with van der Waals surface area (Å²) in [6, 6.07) is 9.03. The summed E-state index contributed by atoms with van der Waals surface area (Å²) in [6.45, 7) is 2.48. The maximum absolute atomic E-state index is 12.3. The van der Waals surface area contributed by atoms with Crippen LogP contribution in [-0.4, -0.2) is 21.9 Å². The van der Waals surface area contributed by atoms with Gasteiger partial charge in [0.05, 0.1) is 12.7 Å². The largest absolute Gasteiger partial charge is 0.494 e. The van der Waals surface area contributed by atoms with Gasteiger partial charge in [-0.1, -0.05) is 12.1 Å². The fraction of sp³-hybridized carbons (Fsp3) is 0.267. The molecule has 0 fully saturated rings. The number of benzene rings is 1. The van der Waals surface area contributed by atoms with Crippen LogP contribution in [0.5, 0.6) is 5.75 Å². The van der Waals surface area contributed by atoms with Crippen LogP contribution in [0.15, 0.2) is 36.7 Å². The number of Topliss-reactive ketones (excluding diaryl/α,β-unsaturated/α-hetero) is 1. The molecule has 2 aromatic rings. The summed E-state index contributed by atoms with van der Waals surface area (Å²) in [7, 11) is 1.73. The number of aromatic nitrogens is 2. The van der Waals surface area contributed by atoms with E-state index in [2.05, 4.69) is 4.98 Å². The minimum atomic E-state index is -0.855. The molecule has 102 valence electrons. The number of ketones is 1. The summed E-state index contributed by atoms with van der Waals surface area (Å²) >= 11 is 0. The molecule has 20 heavy (non-hydrogen) atoms. The molecule has 0 saturated carbocycles. The van der Waals surface area contributed by atoms with Gasteiger partial charge in [0.25, 0.3) is 0 Å². The first kappa shape index (κ1) is 13.8. The summed E-state index contributed by atoms with van der Waals surface area (Å²) in [5.41, 5.74) is 0.643. The first-order chi connectivity index (χ1) is 9.67. The second-order valence-corrected chi connectivity index (χ2v) is 4.29. The minimum Gasteiger partial charge on any atom is -0.494 e. The molecule has 1 heterocycles. The Morgan fingerprint density at radius 1 is 1.45 bits per heavy atom. The molecule has 0 amide bonds. The van der Waals surface area contributed by atoms with E-state index in [9.17, 15) is 10.1 Å². The summed E-state index contributed by atoms with van der Waals surface area (Å²) < 4.78 is 6.95. The van der Waals surface area contributed by atoms with E-state index in [1.807, 2.05) is 13.0 Å². The molecule has 0 aliphatic rings. The Morgan fingerprint density at radius 3 is 2.65 bits per heavy atom. The molecule has 0 saturated heterocycles. The van der Waals surface area contributed by atoms with Crippen LogP contribution in [0.1, 0.15) is 29.0 Å². The van der Waals surface area contributed by atoms with Crippen LogP contribution in [0, 0.1) is 11.3 Å². The minimum absolute atomic E-state index is 0.283. The number of aryl methyl sites for hydroxylation is 1. The third-order valence-corrected chi connectivity index (χ3v) is 2.96.